The summed E-state index contributed by atoms with van der Waals surface area (Å²) < 4.78 is 4.86. The number of esters is 1. The first-order valence-electron chi connectivity index (χ1n) is 8.03. The van der Waals surface area contributed by atoms with E-state index in [0.717, 1.165) is 13.1 Å². The predicted octanol–water partition coefficient (Wildman–Crippen LogP) is 2.84. The second-order valence-electron chi connectivity index (χ2n) is 5.02. The van der Waals surface area contributed by atoms with Crippen LogP contribution in [0.4, 0.5) is 0 Å². The summed E-state index contributed by atoms with van der Waals surface area (Å²) in [6.07, 6.45) is 1.40. The van der Waals surface area contributed by atoms with Gasteiger partial charge >= 0.3 is 5.97 Å². The molecule has 1 aromatic carbocycles. The average molecular weight is 315 g/mol. The molecule has 23 heavy (non-hydrogen) atoms. The van der Waals surface area contributed by atoms with Crippen LogP contribution in [0.25, 0.3) is 0 Å². The maximum atomic E-state index is 11.6. The number of nitriles is 1. The van der Waals surface area contributed by atoms with Crippen molar-refractivity contribution in [3.8, 4) is 6.07 Å². The third kappa shape index (κ3) is 5.84. The summed E-state index contributed by atoms with van der Waals surface area (Å²) in [7, 11) is 0. The third-order valence-electron chi connectivity index (χ3n) is 3.65. The van der Waals surface area contributed by atoms with Crippen LogP contribution in [0, 0.1) is 17.2 Å². The highest BCUT2D eigenvalue weighted by molar-refractivity contribution is 5.92. The molecular weight excluding hydrogens is 290 g/mol. The normalized spacial score (nSPS) is 13.7. The molecule has 0 saturated heterocycles. The van der Waals surface area contributed by atoms with Crippen LogP contribution in [-0.2, 0) is 9.53 Å². The van der Waals surface area contributed by atoms with E-state index in [2.05, 4.69) is 35.9 Å². The number of ether oxygens (including phenoxy) is 1. The molecule has 0 fully saturated rings. The largest absolute Gasteiger partial charge is 0.465 e. The smallest absolute Gasteiger partial charge is 0.328 e. The van der Waals surface area contributed by atoms with Crippen LogP contribution in [0.5, 0.6) is 0 Å². The Labute approximate surface area is 138 Å². The van der Waals surface area contributed by atoms with Crippen molar-refractivity contribution in [1.29, 1.82) is 5.26 Å². The first-order chi connectivity index (χ1) is 11.2. The molecular formula is C18H25N3O2. The Morgan fingerprint density at radius 2 is 1.96 bits per heavy atom. The van der Waals surface area contributed by atoms with Gasteiger partial charge in [0.2, 0.25) is 0 Å². The summed E-state index contributed by atoms with van der Waals surface area (Å²) in [6.45, 7) is 8.52. The second-order valence-corrected chi connectivity index (χ2v) is 5.02. The number of aliphatic imine (C=N–C) groups is 1. The highest BCUT2D eigenvalue weighted by Crippen LogP contribution is 2.20. The maximum Gasteiger partial charge on any atom is 0.328 e. The summed E-state index contributed by atoms with van der Waals surface area (Å²) in [6, 6.07) is 12.2. The monoisotopic (exact) mass is 315 g/mol. The lowest BCUT2D eigenvalue weighted by atomic mass is 10.1. The standard InChI is InChI=1S/C18H25N3O2/c1-4-21(5-2)17(15-10-8-7-9-11-15)14-20-13-16(12-19)18(22)23-6-3/h7-11,13,16-17H,4-6,14H2,1-3H3/t16?,17-/m1/s1. The van der Waals surface area contributed by atoms with Gasteiger partial charge in [-0.1, -0.05) is 44.2 Å². The Bertz CT molecular complexity index is 533. The second kappa shape index (κ2) is 10.5. The first kappa shape index (κ1) is 18.9. The Morgan fingerprint density at radius 3 is 2.48 bits per heavy atom. The van der Waals surface area contributed by atoms with Crippen LogP contribution < -0.4 is 0 Å². The molecule has 0 N–H and O–H groups in total. The SMILES string of the molecule is CCOC(=O)C(C#N)C=NC[C@H](c1ccccc1)N(CC)CC. The van der Waals surface area contributed by atoms with E-state index in [0.29, 0.717) is 6.54 Å². The topological polar surface area (TPSA) is 65.7 Å². The lowest BCUT2D eigenvalue weighted by molar-refractivity contribution is -0.143. The van der Waals surface area contributed by atoms with Gasteiger partial charge in [-0.25, -0.2) is 0 Å². The lowest BCUT2D eigenvalue weighted by Gasteiger charge is -2.28. The van der Waals surface area contributed by atoms with Crippen LogP contribution in [0.2, 0.25) is 0 Å². The summed E-state index contributed by atoms with van der Waals surface area (Å²) >= 11 is 0. The van der Waals surface area contributed by atoms with Crippen molar-refractivity contribution in [3.05, 3.63) is 35.9 Å². The van der Waals surface area contributed by atoms with Crippen molar-refractivity contribution in [2.45, 2.75) is 26.8 Å². The molecule has 5 nitrogen and oxygen atoms in total. The predicted molar refractivity (Wildman–Crippen MR) is 91.2 cm³/mol. The quantitative estimate of drug-likeness (QED) is 0.519. The number of carbonyl (C=O) groups excluding carboxylic acids is 1. The van der Waals surface area contributed by atoms with E-state index in [1.807, 2.05) is 24.3 Å². The fourth-order valence-corrected chi connectivity index (χ4v) is 2.42. The zero-order chi connectivity index (χ0) is 17.1. The minimum absolute atomic E-state index is 0.129. The van der Waals surface area contributed by atoms with Crippen LogP contribution >= 0.6 is 0 Å². The van der Waals surface area contributed by atoms with Gasteiger partial charge < -0.3 is 4.74 Å². The maximum absolute atomic E-state index is 11.6. The molecule has 0 spiro atoms. The van der Waals surface area contributed by atoms with Crippen molar-refractivity contribution in [2.75, 3.05) is 26.2 Å². The fraction of sp³-hybridized carbons (Fsp3) is 0.500. The third-order valence-corrected chi connectivity index (χ3v) is 3.65. The molecule has 0 heterocycles. The van der Waals surface area contributed by atoms with Crippen molar-refractivity contribution < 1.29 is 9.53 Å². The van der Waals surface area contributed by atoms with Crippen LogP contribution in [0.15, 0.2) is 35.3 Å². The molecule has 1 aromatic rings. The van der Waals surface area contributed by atoms with Crippen molar-refractivity contribution in [1.82, 2.24) is 4.90 Å². The van der Waals surface area contributed by atoms with Gasteiger partial charge in [-0.3, -0.25) is 14.7 Å². The Balaban J connectivity index is 2.84. The number of rotatable bonds is 9. The Kier molecular flexibility index (Phi) is 8.63. The minimum atomic E-state index is -0.942. The van der Waals surface area contributed by atoms with Gasteiger partial charge in [0.05, 0.1) is 25.3 Å². The fourth-order valence-electron chi connectivity index (χ4n) is 2.42. The Hall–Kier alpha value is -2.19. The van der Waals surface area contributed by atoms with Gasteiger partial charge in [-0.05, 0) is 25.6 Å². The highest BCUT2D eigenvalue weighted by Gasteiger charge is 2.19. The van der Waals surface area contributed by atoms with E-state index in [1.165, 1.54) is 11.8 Å². The van der Waals surface area contributed by atoms with Crippen LogP contribution in [-0.4, -0.2) is 43.3 Å². The Morgan fingerprint density at radius 1 is 1.30 bits per heavy atom. The number of hydrogen-bond acceptors (Lipinski definition) is 5. The van der Waals surface area contributed by atoms with E-state index < -0.39 is 11.9 Å². The van der Waals surface area contributed by atoms with E-state index in [-0.39, 0.29) is 12.6 Å². The zero-order valence-electron chi connectivity index (χ0n) is 14.1. The molecule has 0 radical (unpaired) electrons. The molecule has 0 bridgehead atoms. The van der Waals surface area contributed by atoms with Gasteiger partial charge in [0.1, 0.15) is 0 Å². The molecule has 124 valence electrons. The van der Waals surface area contributed by atoms with Gasteiger partial charge in [-0.2, -0.15) is 5.26 Å². The van der Waals surface area contributed by atoms with Crippen LogP contribution in [0.3, 0.4) is 0 Å². The number of benzene rings is 1. The number of hydrogen-bond donors (Lipinski definition) is 0. The van der Waals surface area contributed by atoms with E-state index in [1.54, 1.807) is 6.92 Å². The minimum Gasteiger partial charge on any atom is -0.465 e. The molecule has 0 aliphatic rings. The molecule has 2 atom stereocenters. The van der Waals surface area contributed by atoms with Crippen molar-refractivity contribution in [2.24, 2.45) is 10.9 Å². The van der Waals surface area contributed by atoms with Crippen molar-refractivity contribution >= 4 is 12.2 Å². The van der Waals surface area contributed by atoms with Gasteiger partial charge in [0.25, 0.3) is 0 Å². The van der Waals surface area contributed by atoms with E-state index in [9.17, 15) is 4.79 Å². The number of likely N-dealkylation sites (N-methyl/N-ethyl adjacent to an activating group) is 1. The molecule has 0 aliphatic carbocycles. The number of nitrogens with zero attached hydrogens (tertiary/aromatic N) is 3. The molecule has 5 heteroatoms. The van der Waals surface area contributed by atoms with Gasteiger partial charge in [0, 0.05) is 6.21 Å². The molecule has 0 amide bonds. The highest BCUT2D eigenvalue weighted by atomic mass is 16.5. The zero-order valence-corrected chi connectivity index (χ0v) is 14.1. The summed E-state index contributed by atoms with van der Waals surface area (Å²) in [4.78, 5) is 18.3. The summed E-state index contributed by atoms with van der Waals surface area (Å²) in [5, 5.41) is 9.05. The lowest BCUT2D eigenvalue weighted by Crippen LogP contribution is -2.30. The first-order valence-corrected chi connectivity index (χ1v) is 8.03. The van der Waals surface area contributed by atoms with Gasteiger partial charge in [0.15, 0.2) is 5.92 Å². The summed E-state index contributed by atoms with van der Waals surface area (Å²) in [5.74, 6) is -1.49. The molecule has 1 unspecified atom stereocenters. The van der Waals surface area contributed by atoms with E-state index in [4.69, 9.17) is 10.00 Å². The summed E-state index contributed by atoms with van der Waals surface area (Å²) in [5.41, 5.74) is 1.18. The molecule has 0 saturated carbocycles. The van der Waals surface area contributed by atoms with E-state index >= 15 is 0 Å². The van der Waals surface area contributed by atoms with Gasteiger partial charge in [-0.15, -0.1) is 0 Å². The molecule has 1 rings (SSSR count). The molecule has 0 aliphatic heterocycles. The molecule has 0 aromatic heterocycles. The number of carbonyl (C=O) groups is 1. The van der Waals surface area contributed by atoms with Crippen LogP contribution in [0.1, 0.15) is 32.4 Å². The van der Waals surface area contributed by atoms with Crippen molar-refractivity contribution in [3.63, 3.8) is 0 Å². The average Bonchev–Trinajstić information content (AvgIpc) is 2.59.